The van der Waals surface area contributed by atoms with Crippen LogP contribution in [0.1, 0.15) is 26.7 Å². The Bertz CT molecular complexity index is 196. The van der Waals surface area contributed by atoms with Gasteiger partial charge in [-0.15, -0.1) is 0 Å². The molecular formula is C12H24N2O. The third-order valence-electron chi connectivity index (χ3n) is 4.00. The molecule has 0 N–H and O–H groups in total. The van der Waals surface area contributed by atoms with Crippen molar-refractivity contribution in [3.8, 4) is 0 Å². The van der Waals surface area contributed by atoms with Gasteiger partial charge in [0.2, 0.25) is 0 Å². The summed E-state index contributed by atoms with van der Waals surface area (Å²) in [5, 5.41) is 0. The van der Waals surface area contributed by atoms with Gasteiger partial charge in [0, 0.05) is 12.1 Å². The second-order valence-corrected chi connectivity index (χ2v) is 5.22. The van der Waals surface area contributed by atoms with Crippen LogP contribution in [0, 0.1) is 0 Å². The molecule has 2 aliphatic rings. The lowest BCUT2D eigenvalue weighted by Gasteiger charge is -2.44. The van der Waals surface area contributed by atoms with Gasteiger partial charge in [-0.2, -0.15) is 0 Å². The fourth-order valence-corrected chi connectivity index (χ4v) is 2.57. The van der Waals surface area contributed by atoms with Crippen LogP contribution in [-0.2, 0) is 4.74 Å². The predicted octanol–water partition coefficient (Wildman–Crippen LogP) is 1.19. The van der Waals surface area contributed by atoms with Crippen LogP contribution in [0.4, 0.5) is 0 Å². The highest BCUT2D eigenvalue weighted by molar-refractivity contribution is 4.85. The highest BCUT2D eigenvalue weighted by atomic mass is 16.5. The van der Waals surface area contributed by atoms with Crippen LogP contribution in [0.3, 0.4) is 0 Å². The van der Waals surface area contributed by atoms with Crippen LogP contribution in [0.25, 0.3) is 0 Å². The van der Waals surface area contributed by atoms with Crippen molar-refractivity contribution in [3.05, 3.63) is 0 Å². The van der Waals surface area contributed by atoms with Gasteiger partial charge in [0.1, 0.15) is 0 Å². The van der Waals surface area contributed by atoms with Crippen LogP contribution < -0.4 is 0 Å². The molecule has 0 amide bonds. The quantitative estimate of drug-likeness (QED) is 0.699. The summed E-state index contributed by atoms with van der Waals surface area (Å²) in [6.07, 6.45) is 2.65. The lowest BCUT2D eigenvalue weighted by molar-refractivity contribution is -0.0769. The fraction of sp³-hybridized carbons (Fsp3) is 1.00. The molecule has 0 bridgehead atoms. The molecule has 0 atom stereocenters. The number of likely N-dealkylation sites (N-methyl/N-ethyl adjacent to an activating group) is 1. The lowest BCUT2D eigenvalue weighted by Crippen LogP contribution is -2.54. The summed E-state index contributed by atoms with van der Waals surface area (Å²) in [5.41, 5.74) is 0. The monoisotopic (exact) mass is 212 g/mol. The Morgan fingerprint density at radius 2 is 1.73 bits per heavy atom. The molecule has 15 heavy (non-hydrogen) atoms. The van der Waals surface area contributed by atoms with Gasteiger partial charge in [-0.05, 0) is 46.8 Å². The number of likely N-dealkylation sites (tertiary alicyclic amines) is 1. The second kappa shape index (κ2) is 4.81. The number of hydrogen-bond acceptors (Lipinski definition) is 3. The van der Waals surface area contributed by atoms with Crippen molar-refractivity contribution in [3.63, 3.8) is 0 Å². The molecule has 2 heterocycles. The minimum absolute atomic E-state index is 0.695. The Morgan fingerprint density at radius 3 is 2.13 bits per heavy atom. The highest BCUT2D eigenvalue weighted by Crippen LogP contribution is 2.21. The van der Waals surface area contributed by atoms with Crippen molar-refractivity contribution in [1.82, 2.24) is 9.80 Å². The van der Waals surface area contributed by atoms with Crippen molar-refractivity contribution in [2.75, 3.05) is 33.4 Å². The van der Waals surface area contributed by atoms with Crippen molar-refractivity contribution < 1.29 is 4.74 Å². The molecule has 0 spiro atoms. The third-order valence-corrected chi connectivity index (χ3v) is 4.00. The summed E-state index contributed by atoms with van der Waals surface area (Å²) in [7, 11) is 2.27. The number of ether oxygens (including phenoxy) is 1. The molecule has 0 unspecified atom stereocenters. The van der Waals surface area contributed by atoms with E-state index < -0.39 is 0 Å². The van der Waals surface area contributed by atoms with E-state index in [1.807, 2.05) is 0 Å². The molecule has 0 aliphatic carbocycles. The first-order valence-corrected chi connectivity index (χ1v) is 6.22. The largest absolute Gasteiger partial charge is 0.378 e. The Kier molecular flexibility index (Phi) is 3.65. The third kappa shape index (κ3) is 2.52. The van der Waals surface area contributed by atoms with E-state index in [1.165, 1.54) is 25.9 Å². The Balaban J connectivity index is 1.77. The smallest absolute Gasteiger partial charge is 0.0645 e. The van der Waals surface area contributed by atoms with Crippen molar-refractivity contribution in [2.24, 2.45) is 0 Å². The summed E-state index contributed by atoms with van der Waals surface area (Å²) in [6, 6.07) is 2.19. The standard InChI is InChI=1S/C12H24N2O/c1-10(2)14-6-4-11(5-7-14)13(3)12-8-15-9-12/h10-12H,4-9H2,1-3H3. The van der Waals surface area contributed by atoms with Gasteiger partial charge in [-0.3, -0.25) is 4.90 Å². The summed E-state index contributed by atoms with van der Waals surface area (Å²) in [5.74, 6) is 0. The van der Waals surface area contributed by atoms with Crippen molar-refractivity contribution >= 4 is 0 Å². The number of hydrogen-bond donors (Lipinski definition) is 0. The van der Waals surface area contributed by atoms with Gasteiger partial charge < -0.3 is 9.64 Å². The van der Waals surface area contributed by atoms with Gasteiger partial charge in [0.05, 0.1) is 19.3 Å². The first kappa shape index (κ1) is 11.4. The topological polar surface area (TPSA) is 15.7 Å². The fourth-order valence-electron chi connectivity index (χ4n) is 2.57. The maximum atomic E-state index is 5.25. The molecule has 2 fully saturated rings. The normalized spacial score (nSPS) is 26.2. The average Bonchev–Trinajstić information content (AvgIpc) is 2.15. The van der Waals surface area contributed by atoms with Gasteiger partial charge in [-0.25, -0.2) is 0 Å². The lowest BCUT2D eigenvalue weighted by atomic mass is 10.0. The van der Waals surface area contributed by atoms with E-state index in [2.05, 4.69) is 30.7 Å². The molecular weight excluding hydrogens is 188 g/mol. The van der Waals surface area contributed by atoms with Crippen LogP contribution in [0.15, 0.2) is 0 Å². The SMILES string of the molecule is CC(C)N1CCC(N(C)C2COC2)CC1. The van der Waals surface area contributed by atoms with Crippen LogP contribution >= 0.6 is 0 Å². The first-order valence-electron chi connectivity index (χ1n) is 6.22. The van der Waals surface area contributed by atoms with Crippen LogP contribution in [0.5, 0.6) is 0 Å². The van der Waals surface area contributed by atoms with E-state index in [1.54, 1.807) is 0 Å². The predicted molar refractivity (Wildman–Crippen MR) is 62.1 cm³/mol. The average molecular weight is 212 g/mol. The van der Waals surface area contributed by atoms with E-state index >= 15 is 0 Å². The van der Waals surface area contributed by atoms with Gasteiger partial charge in [-0.1, -0.05) is 0 Å². The summed E-state index contributed by atoms with van der Waals surface area (Å²) in [4.78, 5) is 5.13. The summed E-state index contributed by atoms with van der Waals surface area (Å²) in [6.45, 7) is 9.01. The zero-order chi connectivity index (χ0) is 10.8. The molecule has 3 nitrogen and oxygen atoms in total. The number of piperidine rings is 1. The molecule has 2 rings (SSSR count). The zero-order valence-corrected chi connectivity index (χ0v) is 10.3. The molecule has 0 radical (unpaired) electrons. The van der Waals surface area contributed by atoms with Crippen LogP contribution in [-0.4, -0.2) is 61.3 Å². The van der Waals surface area contributed by atoms with E-state index in [0.717, 1.165) is 19.3 Å². The van der Waals surface area contributed by atoms with Gasteiger partial charge in [0.25, 0.3) is 0 Å². The Morgan fingerprint density at radius 1 is 1.13 bits per heavy atom. The zero-order valence-electron chi connectivity index (χ0n) is 10.3. The molecule has 0 saturated carbocycles. The van der Waals surface area contributed by atoms with Crippen molar-refractivity contribution in [2.45, 2.75) is 44.8 Å². The van der Waals surface area contributed by atoms with E-state index in [0.29, 0.717) is 12.1 Å². The molecule has 3 heteroatoms. The highest BCUT2D eigenvalue weighted by Gasteiger charge is 2.31. The summed E-state index contributed by atoms with van der Waals surface area (Å²) < 4.78 is 5.25. The molecule has 2 saturated heterocycles. The van der Waals surface area contributed by atoms with Crippen molar-refractivity contribution in [1.29, 1.82) is 0 Å². The molecule has 2 aliphatic heterocycles. The van der Waals surface area contributed by atoms with Crippen LogP contribution in [0.2, 0.25) is 0 Å². The maximum absolute atomic E-state index is 5.25. The molecule has 0 aromatic carbocycles. The second-order valence-electron chi connectivity index (χ2n) is 5.22. The van der Waals surface area contributed by atoms with E-state index in [-0.39, 0.29) is 0 Å². The molecule has 0 aromatic heterocycles. The van der Waals surface area contributed by atoms with E-state index in [4.69, 9.17) is 4.74 Å². The Labute approximate surface area is 93.4 Å². The van der Waals surface area contributed by atoms with E-state index in [9.17, 15) is 0 Å². The molecule has 88 valence electrons. The summed E-state index contributed by atoms with van der Waals surface area (Å²) >= 11 is 0. The Hall–Kier alpha value is -0.120. The first-order chi connectivity index (χ1) is 7.18. The minimum atomic E-state index is 0.695. The number of nitrogens with zero attached hydrogens (tertiary/aromatic N) is 2. The number of rotatable bonds is 3. The molecule has 0 aromatic rings. The maximum Gasteiger partial charge on any atom is 0.0645 e. The minimum Gasteiger partial charge on any atom is -0.378 e. The van der Waals surface area contributed by atoms with Gasteiger partial charge in [0.15, 0.2) is 0 Å². The van der Waals surface area contributed by atoms with Gasteiger partial charge >= 0.3 is 0 Å².